The van der Waals surface area contributed by atoms with Crippen LogP contribution in [-0.2, 0) is 20.9 Å². The van der Waals surface area contributed by atoms with Gasteiger partial charge in [0.15, 0.2) is 0 Å². The van der Waals surface area contributed by atoms with Gasteiger partial charge in [-0.15, -0.1) is 0 Å². The molecule has 2 rings (SSSR count). The minimum Gasteiger partial charge on any atom is -0.478 e. The first-order valence-electron chi connectivity index (χ1n) is 6.39. The molecule has 1 unspecified atom stereocenters. The Balaban J connectivity index is 1.82. The van der Waals surface area contributed by atoms with Gasteiger partial charge in [0, 0.05) is 18.6 Å². The smallest absolute Gasteiger partial charge is 0.328 e. The second-order valence-electron chi connectivity index (χ2n) is 4.66. The maximum Gasteiger partial charge on any atom is 0.328 e. The highest BCUT2D eigenvalue weighted by Gasteiger charge is 2.15. The first-order valence-corrected chi connectivity index (χ1v) is 6.39. The third kappa shape index (κ3) is 4.85. The van der Waals surface area contributed by atoms with Crippen LogP contribution in [0.5, 0.6) is 0 Å². The Morgan fingerprint density at radius 3 is 3.16 bits per heavy atom. The predicted molar refractivity (Wildman–Crippen MR) is 71.7 cm³/mol. The second-order valence-corrected chi connectivity index (χ2v) is 4.66. The Morgan fingerprint density at radius 2 is 2.42 bits per heavy atom. The number of ether oxygens (including phenoxy) is 2. The van der Waals surface area contributed by atoms with Crippen molar-refractivity contribution in [3.8, 4) is 0 Å². The standard InChI is InChI=1S/C15H18O4/c16-15(17)5-4-12-2-1-3-13(8-12)9-19-11-14-6-7-18-10-14/h1-5,8,14H,6-7,9-11H2,(H,16,17). The molecule has 0 radical (unpaired) electrons. The van der Waals surface area contributed by atoms with Crippen LogP contribution in [0.3, 0.4) is 0 Å². The monoisotopic (exact) mass is 262 g/mol. The van der Waals surface area contributed by atoms with Crippen molar-refractivity contribution in [1.82, 2.24) is 0 Å². The summed E-state index contributed by atoms with van der Waals surface area (Å²) in [6.07, 6.45) is 3.79. The van der Waals surface area contributed by atoms with Crippen molar-refractivity contribution < 1.29 is 19.4 Å². The van der Waals surface area contributed by atoms with Gasteiger partial charge in [-0.05, 0) is 29.7 Å². The van der Waals surface area contributed by atoms with E-state index in [0.717, 1.165) is 43.4 Å². The van der Waals surface area contributed by atoms with Crippen LogP contribution in [0, 0.1) is 5.92 Å². The van der Waals surface area contributed by atoms with Gasteiger partial charge in [-0.2, -0.15) is 0 Å². The van der Waals surface area contributed by atoms with Gasteiger partial charge in [0.05, 0.1) is 19.8 Å². The van der Waals surface area contributed by atoms with Crippen molar-refractivity contribution >= 4 is 12.0 Å². The highest BCUT2D eigenvalue weighted by Crippen LogP contribution is 2.14. The number of benzene rings is 1. The van der Waals surface area contributed by atoms with Crippen LogP contribution in [0.25, 0.3) is 6.08 Å². The lowest BCUT2D eigenvalue weighted by molar-refractivity contribution is -0.131. The average molecular weight is 262 g/mol. The molecule has 1 aliphatic rings. The van der Waals surface area contributed by atoms with Gasteiger partial charge in [0.2, 0.25) is 0 Å². The molecule has 4 heteroatoms. The molecule has 1 aromatic carbocycles. The van der Waals surface area contributed by atoms with E-state index in [1.54, 1.807) is 6.08 Å². The lowest BCUT2D eigenvalue weighted by atomic mass is 10.1. The maximum atomic E-state index is 10.5. The van der Waals surface area contributed by atoms with Gasteiger partial charge >= 0.3 is 5.97 Å². The highest BCUT2D eigenvalue weighted by molar-refractivity contribution is 5.85. The van der Waals surface area contributed by atoms with E-state index in [1.165, 1.54) is 0 Å². The summed E-state index contributed by atoms with van der Waals surface area (Å²) in [5.41, 5.74) is 1.92. The summed E-state index contributed by atoms with van der Waals surface area (Å²) in [5.74, 6) is -0.432. The molecule has 1 aromatic rings. The number of carboxylic acids is 1. The van der Waals surface area contributed by atoms with Gasteiger partial charge in [-0.3, -0.25) is 0 Å². The third-order valence-corrected chi connectivity index (χ3v) is 3.02. The molecule has 1 fully saturated rings. The Morgan fingerprint density at radius 1 is 1.53 bits per heavy atom. The van der Waals surface area contributed by atoms with Crippen LogP contribution >= 0.6 is 0 Å². The molecular formula is C15H18O4. The van der Waals surface area contributed by atoms with E-state index in [1.807, 2.05) is 24.3 Å². The molecule has 1 heterocycles. The molecule has 1 aliphatic heterocycles. The predicted octanol–water partition coefficient (Wildman–Crippen LogP) is 2.34. The van der Waals surface area contributed by atoms with Crippen molar-refractivity contribution in [2.75, 3.05) is 19.8 Å². The zero-order valence-electron chi connectivity index (χ0n) is 10.7. The molecule has 0 amide bonds. The first kappa shape index (κ1) is 13.8. The van der Waals surface area contributed by atoms with Crippen LogP contribution < -0.4 is 0 Å². The van der Waals surface area contributed by atoms with E-state index in [2.05, 4.69) is 0 Å². The van der Waals surface area contributed by atoms with Crippen LogP contribution in [0.15, 0.2) is 30.3 Å². The number of rotatable bonds is 6. The average Bonchev–Trinajstić information content (AvgIpc) is 2.90. The highest BCUT2D eigenvalue weighted by atomic mass is 16.5. The van der Waals surface area contributed by atoms with Crippen molar-refractivity contribution in [3.05, 3.63) is 41.5 Å². The number of hydrogen-bond donors (Lipinski definition) is 1. The summed E-state index contributed by atoms with van der Waals surface area (Å²) < 4.78 is 11.0. The van der Waals surface area contributed by atoms with E-state index >= 15 is 0 Å². The zero-order valence-corrected chi connectivity index (χ0v) is 10.7. The molecule has 0 bridgehead atoms. The lowest BCUT2D eigenvalue weighted by Gasteiger charge is -2.09. The first-order chi connectivity index (χ1) is 9.24. The molecule has 19 heavy (non-hydrogen) atoms. The SMILES string of the molecule is O=C(O)C=Cc1cccc(COCC2CCOC2)c1. The molecule has 1 atom stereocenters. The largest absolute Gasteiger partial charge is 0.478 e. The van der Waals surface area contributed by atoms with Crippen LogP contribution in [-0.4, -0.2) is 30.9 Å². The molecule has 0 spiro atoms. The molecule has 102 valence electrons. The number of carboxylic acid groups (broad SMARTS) is 1. The fraction of sp³-hybridized carbons (Fsp3) is 0.400. The van der Waals surface area contributed by atoms with Crippen LogP contribution in [0.2, 0.25) is 0 Å². The fourth-order valence-electron chi connectivity index (χ4n) is 2.01. The van der Waals surface area contributed by atoms with E-state index in [9.17, 15) is 4.79 Å². The minimum atomic E-state index is -0.942. The van der Waals surface area contributed by atoms with Gasteiger partial charge in [-0.25, -0.2) is 4.79 Å². The number of aliphatic carboxylic acids is 1. The molecule has 1 saturated heterocycles. The third-order valence-electron chi connectivity index (χ3n) is 3.02. The van der Waals surface area contributed by atoms with E-state index in [-0.39, 0.29) is 0 Å². The normalized spacial score (nSPS) is 19.1. The van der Waals surface area contributed by atoms with Gasteiger partial charge in [-0.1, -0.05) is 18.2 Å². The molecule has 1 N–H and O–H groups in total. The summed E-state index contributed by atoms with van der Waals surface area (Å²) in [4.78, 5) is 10.5. The van der Waals surface area contributed by atoms with Crippen molar-refractivity contribution in [1.29, 1.82) is 0 Å². The Hall–Kier alpha value is -1.65. The van der Waals surface area contributed by atoms with Gasteiger partial charge in [0.1, 0.15) is 0 Å². The topological polar surface area (TPSA) is 55.8 Å². The fourth-order valence-corrected chi connectivity index (χ4v) is 2.01. The maximum absolute atomic E-state index is 10.5. The Kier molecular flexibility index (Phi) is 5.12. The Bertz CT molecular complexity index is 447. The molecule has 0 aromatic heterocycles. The van der Waals surface area contributed by atoms with Crippen LogP contribution in [0.1, 0.15) is 17.5 Å². The van der Waals surface area contributed by atoms with E-state index < -0.39 is 5.97 Å². The molecule has 0 aliphatic carbocycles. The van der Waals surface area contributed by atoms with E-state index in [4.69, 9.17) is 14.6 Å². The molecular weight excluding hydrogens is 244 g/mol. The lowest BCUT2D eigenvalue weighted by Crippen LogP contribution is -2.09. The minimum absolute atomic E-state index is 0.509. The van der Waals surface area contributed by atoms with Crippen molar-refractivity contribution in [2.45, 2.75) is 13.0 Å². The van der Waals surface area contributed by atoms with Crippen molar-refractivity contribution in [2.24, 2.45) is 5.92 Å². The zero-order chi connectivity index (χ0) is 13.5. The quantitative estimate of drug-likeness (QED) is 0.799. The summed E-state index contributed by atoms with van der Waals surface area (Å²) >= 11 is 0. The second kappa shape index (κ2) is 7.07. The summed E-state index contributed by atoms with van der Waals surface area (Å²) in [6.45, 7) is 2.89. The van der Waals surface area contributed by atoms with Gasteiger partial charge in [0.25, 0.3) is 0 Å². The van der Waals surface area contributed by atoms with E-state index in [0.29, 0.717) is 12.5 Å². The Labute approximate surface area is 112 Å². The number of carbonyl (C=O) groups is 1. The number of hydrogen-bond acceptors (Lipinski definition) is 3. The molecule has 4 nitrogen and oxygen atoms in total. The summed E-state index contributed by atoms with van der Waals surface area (Å²) in [6, 6.07) is 7.68. The molecule has 0 saturated carbocycles. The summed E-state index contributed by atoms with van der Waals surface area (Å²) in [5, 5.41) is 8.58. The van der Waals surface area contributed by atoms with Crippen LogP contribution in [0.4, 0.5) is 0 Å². The summed E-state index contributed by atoms with van der Waals surface area (Å²) in [7, 11) is 0. The van der Waals surface area contributed by atoms with Gasteiger partial charge < -0.3 is 14.6 Å². The van der Waals surface area contributed by atoms with Crippen molar-refractivity contribution in [3.63, 3.8) is 0 Å².